The second-order valence-electron chi connectivity index (χ2n) is 5.29. The summed E-state index contributed by atoms with van der Waals surface area (Å²) in [5, 5.41) is 18.6. The summed E-state index contributed by atoms with van der Waals surface area (Å²) < 4.78 is 4.97. The summed E-state index contributed by atoms with van der Waals surface area (Å²) >= 11 is 0. The van der Waals surface area contributed by atoms with Gasteiger partial charge in [-0.3, -0.25) is 5.32 Å². The lowest BCUT2D eigenvalue weighted by molar-refractivity contribution is 0.0654. The molecule has 0 bridgehead atoms. The van der Waals surface area contributed by atoms with Crippen LogP contribution in [0.15, 0.2) is 10.5 Å². The monoisotopic (exact) mass is 319 g/mol. The standard InChI is InChI=1S/C13H17N7O3/c1-8-14-9(16-13-18-17-11(23-13)12(21)22)7-10(15-8)20-5-3-19(2)4-6-20/h7H,3-6H2,1-2H3,(H,21,22)(H,14,15,16,18). The molecule has 1 aliphatic heterocycles. The topological polar surface area (TPSA) is 121 Å². The van der Waals surface area contributed by atoms with Gasteiger partial charge in [-0.25, -0.2) is 14.8 Å². The molecule has 10 heteroatoms. The predicted molar refractivity (Wildman–Crippen MR) is 81.0 cm³/mol. The fraction of sp³-hybridized carbons (Fsp3) is 0.462. The molecule has 2 N–H and O–H groups in total. The molecule has 3 rings (SSSR count). The summed E-state index contributed by atoms with van der Waals surface area (Å²) in [6.07, 6.45) is 0. The zero-order valence-corrected chi connectivity index (χ0v) is 12.9. The number of anilines is 3. The number of likely N-dealkylation sites (N-methyl/N-ethyl adjacent to an activating group) is 1. The number of carboxylic acid groups (broad SMARTS) is 1. The quantitative estimate of drug-likeness (QED) is 0.817. The Labute approximate surface area is 132 Å². The number of rotatable bonds is 4. The van der Waals surface area contributed by atoms with Crippen molar-refractivity contribution in [3.63, 3.8) is 0 Å². The van der Waals surface area contributed by atoms with Crippen LogP contribution in [0.5, 0.6) is 0 Å². The van der Waals surface area contributed by atoms with Gasteiger partial charge < -0.3 is 19.3 Å². The maximum Gasteiger partial charge on any atom is 0.393 e. The molecule has 0 radical (unpaired) electrons. The lowest BCUT2D eigenvalue weighted by Crippen LogP contribution is -2.44. The highest BCUT2D eigenvalue weighted by molar-refractivity contribution is 5.82. The van der Waals surface area contributed by atoms with Crippen molar-refractivity contribution in [3.8, 4) is 0 Å². The number of hydrogen-bond acceptors (Lipinski definition) is 9. The Morgan fingerprint density at radius 1 is 1.26 bits per heavy atom. The zero-order chi connectivity index (χ0) is 16.4. The fourth-order valence-corrected chi connectivity index (χ4v) is 2.28. The van der Waals surface area contributed by atoms with Gasteiger partial charge in [0.25, 0.3) is 0 Å². The van der Waals surface area contributed by atoms with E-state index in [4.69, 9.17) is 9.52 Å². The van der Waals surface area contributed by atoms with Crippen molar-refractivity contribution in [1.29, 1.82) is 0 Å². The molecule has 0 aliphatic carbocycles. The van der Waals surface area contributed by atoms with Crippen LogP contribution in [-0.2, 0) is 0 Å². The second-order valence-corrected chi connectivity index (χ2v) is 5.29. The molecule has 1 fully saturated rings. The van der Waals surface area contributed by atoms with Crippen LogP contribution in [0.4, 0.5) is 17.7 Å². The summed E-state index contributed by atoms with van der Waals surface area (Å²) in [5.41, 5.74) is 0. The Kier molecular flexibility index (Phi) is 4.06. The van der Waals surface area contributed by atoms with E-state index in [1.807, 2.05) is 0 Å². The van der Waals surface area contributed by atoms with Crippen LogP contribution in [0.1, 0.15) is 16.5 Å². The van der Waals surface area contributed by atoms with Gasteiger partial charge in [-0.2, -0.15) is 0 Å². The van der Waals surface area contributed by atoms with Gasteiger partial charge in [0.05, 0.1) is 0 Å². The second kappa shape index (κ2) is 6.16. The minimum atomic E-state index is -1.28. The summed E-state index contributed by atoms with van der Waals surface area (Å²) in [6, 6.07) is 1.76. The molecule has 2 aromatic rings. The first-order valence-corrected chi connectivity index (χ1v) is 7.14. The molecule has 10 nitrogen and oxygen atoms in total. The normalized spacial score (nSPS) is 15.7. The third-order valence-corrected chi connectivity index (χ3v) is 3.49. The lowest BCUT2D eigenvalue weighted by Gasteiger charge is -2.33. The average molecular weight is 319 g/mol. The Bertz CT molecular complexity index is 709. The predicted octanol–water partition coefficient (Wildman–Crippen LogP) is 0.362. The maximum absolute atomic E-state index is 10.7. The number of hydrogen-bond donors (Lipinski definition) is 2. The molecule has 0 atom stereocenters. The van der Waals surface area contributed by atoms with Crippen LogP contribution in [0.3, 0.4) is 0 Å². The number of nitrogens with one attached hydrogen (secondary N) is 1. The van der Waals surface area contributed by atoms with E-state index in [0.29, 0.717) is 11.6 Å². The van der Waals surface area contributed by atoms with E-state index in [0.717, 1.165) is 32.0 Å². The lowest BCUT2D eigenvalue weighted by atomic mass is 10.3. The number of aryl methyl sites for hydroxylation is 1. The van der Waals surface area contributed by atoms with Gasteiger partial charge in [-0.05, 0) is 14.0 Å². The molecule has 1 saturated heterocycles. The van der Waals surface area contributed by atoms with Gasteiger partial charge >= 0.3 is 17.9 Å². The summed E-state index contributed by atoms with van der Waals surface area (Å²) in [7, 11) is 2.09. The summed E-state index contributed by atoms with van der Waals surface area (Å²) in [6.45, 7) is 5.50. The summed E-state index contributed by atoms with van der Waals surface area (Å²) in [4.78, 5) is 23.9. The van der Waals surface area contributed by atoms with E-state index in [2.05, 4.69) is 42.3 Å². The molecule has 0 amide bonds. The number of carboxylic acids is 1. The number of aromatic nitrogens is 4. The molecule has 3 heterocycles. The Hall–Kier alpha value is -2.75. The van der Waals surface area contributed by atoms with Crippen LogP contribution < -0.4 is 10.2 Å². The van der Waals surface area contributed by atoms with Crippen molar-refractivity contribution in [3.05, 3.63) is 17.8 Å². The molecule has 2 aromatic heterocycles. The van der Waals surface area contributed by atoms with Crippen LogP contribution in [0, 0.1) is 6.92 Å². The molecular formula is C13H17N7O3. The van der Waals surface area contributed by atoms with Crippen molar-refractivity contribution in [1.82, 2.24) is 25.1 Å². The first kappa shape index (κ1) is 15.2. The van der Waals surface area contributed by atoms with Crippen molar-refractivity contribution in [2.75, 3.05) is 43.4 Å². The van der Waals surface area contributed by atoms with Gasteiger partial charge in [0.1, 0.15) is 17.5 Å². The van der Waals surface area contributed by atoms with E-state index in [1.165, 1.54) is 0 Å². The van der Waals surface area contributed by atoms with Crippen molar-refractivity contribution in [2.45, 2.75) is 6.92 Å². The zero-order valence-electron chi connectivity index (χ0n) is 12.9. The molecule has 23 heavy (non-hydrogen) atoms. The van der Waals surface area contributed by atoms with E-state index < -0.39 is 11.9 Å². The largest absolute Gasteiger partial charge is 0.474 e. The van der Waals surface area contributed by atoms with E-state index >= 15 is 0 Å². The fourth-order valence-electron chi connectivity index (χ4n) is 2.28. The minimum Gasteiger partial charge on any atom is -0.474 e. The number of nitrogens with zero attached hydrogens (tertiary/aromatic N) is 6. The molecule has 0 saturated carbocycles. The Morgan fingerprint density at radius 3 is 2.65 bits per heavy atom. The van der Waals surface area contributed by atoms with Crippen LogP contribution in [-0.4, -0.2) is 69.4 Å². The third kappa shape index (κ3) is 3.54. The first-order valence-electron chi connectivity index (χ1n) is 7.14. The Morgan fingerprint density at radius 2 is 2.00 bits per heavy atom. The molecule has 1 aliphatic rings. The van der Waals surface area contributed by atoms with E-state index in [-0.39, 0.29) is 6.01 Å². The van der Waals surface area contributed by atoms with Crippen molar-refractivity contribution < 1.29 is 14.3 Å². The number of piperazine rings is 1. The summed E-state index contributed by atoms with van der Waals surface area (Å²) in [5.74, 6) is 0.139. The molecule has 0 aromatic carbocycles. The van der Waals surface area contributed by atoms with Gasteiger partial charge in [-0.15, -0.1) is 0 Å². The first-order chi connectivity index (χ1) is 11.0. The molecule has 0 spiro atoms. The average Bonchev–Trinajstić information content (AvgIpc) is 2.96. The highest BCUT2D eigenvalue weighted by atomic mass is 16.4. The van der Waals surface area contributed by atoms with Gasteiger partial charge in [0, 0.05) is 32.2 Å². The molecular weight excluding hydrogens is 302 g/mol. The maximum atomic E-state index is 10.7. The molecule has 0 unspecified atom stereocenters. The smallest absolute Gasteiger partial charge is 0.393 e. The third-order valence-electron chi connectivity index (χ3n) is 3.49. The highest BCUT2D eigenvalue weighted by Gasteiger charge is 2.18. The van der Waals surface area contributed by atoms with Gasteiger partial charge in [-0.1, -0.05) is 10.2 Å². The van der Waals surface area contributed by atoms with Gasteiger partial charge in [0.15, 0.2) is 0 Å². The number of aromatic carboxylic acids is 1. The van der Waals surface area contributed by atoms with Crippen molar-refractivity contribution in [2.24, 2.45) is 0 Å². The molecule has 122 valence electrons. The van der Waals surface area contributed by atoms with Crippen molar-refractivity contribution >= 4 is 23.6 Å². The van der Waals surface area contributed by atoms with E-state index in [9.17, 15) is 4.79 Å². The highest BCUT2D eigenvalue weighted by Crippen LogP contribution is 2.20. The minimum absolute atomic E-state index is 0.0233. The van der Waals surface area contributed by atoms with Gasteiger partial charge in [0.2, 0.25) is 0 Å². The van der Waals surface area contributed by atoms with E-state index in [1.54, 1.807) is 13.0 Å². The number of carbonyl (C=O) groups is 1. The van der Waals surface area contributed by atoms with Crippen LogP contribution in [0.25, 0.3) is 0 Å². The van der Waals surface area contributed by atoms with Crippen LogP contribution in [0.2, 0.25) is 0 Å². The SMILES string of the molecule is Cc1nc(Nc2nnc(C(=O)O)o2)cc(N2CCN(C)CC2)n1. The van der Waals surface area contributed by atoms with Crippen LogP contribution >= 0.6 is 0 Å². The Balaban J connectivity index is 1.78.